The van der Waals surface area contributed by atoms with Crippen LogP contribution in [0.25, 0.3) is 0 Å². The van der Waals surface area contributed by atoms with E-state index >= 15 is 0 Å². The van der Waals surface area contributed by atoms with Gasteiger partial charge in [0, 0.05) is 19.0 Å². The summed E-state index contributed by atoms with van der Waals surface area (Å²) in [6.07, 6.45) is 0. The monoisotopic (exact) mass is 182 g/mol. The summed E-state index contributed by atoms with van der Waals surface area (Å²) in [7, 11) is 0. The molecule has 2 rings (SSSR count). The Morgan fingerprint density at radius 3 is 2.67 bits per heavy atom. The molecule has 1 aliphatic heterocycles. The van der Waals surface area contributed by atoms with Crippen LogP contribution in [-0.2, 0) is 0 Å². The second-order valence-electron chi connectivity index (χ2n) is 3.14. The van der Waals surface area contributed by atoms with Crippen LogP contribution in [0.1, 0.15) is 11.5 Å². The van der Waals surface area contributed by atoms with Crippen molar-refractivity contribution in [3.63, 3.8) is 0 Å². The number of nitrogens with two attached hydrogens (primary N) is 1. The fourth-order valence-electron chi connectivity index (χ4n) is 1.32. The molecule has 0 spiro atoms. The molecule has 1 aliphatic rings. The third-order valence-electron chi connectivity index (χ3n) is 2.28. The number of benzene rings is 1. The number of rotatable bonds is 1. The maximum Gasteiger partial charge on any atom is 0.0638 e. The Kier molecular flexibility index (Phi) is 1.95. The van der Waals surface area contributed by atoms with Crippen molar-refractivity contribution in [1.29, 1.82) is 0 Å². The molecule has 3 N–H and O–H groups in total. The second-order valence-corrected chi connectivity index (χ2v) is 3.54. The van der Waals surface area contributed by atoms with Crippen molar-refractivity contribution in [2.45, 2.75) is 5.92 Å². The molecule has 0 saturated carbocycles. The van der Waals surface area contributed by atoms with E-state index in [1.165, 1.54) is 5.56 Å². The molecule has 0 amide bonds. The van der Waals surface area contributed by atoms with Crippen molar-refractivity contribution in [2.75, 3.05) is 18.8 Å². The van der Waals surface area contributed by atoms with Crippen LogP contribution >= 0.6 is 11.6 Å². The first kappa shape index (κ1) is 7.90. The molecule has 1 saturated heterocycles. The van der Waals surface area contributed by atoms with Crippen LogP contribution < -0.4 is 11.1 Å². The standard InChI is InChI=1S/C9H11ClN2/c10-8-3-6(1-2-9(8)11)7-4-12-5-7/h1-3,7,12H,4-5,11H2. The van der Waals surface area contributed by atoms with Crippen molar-refractivity contribution >= 4 is 17.3 Å². The number of halogens is 1. The molecule has 12 heavy (non-hydrogen) atoms. The smallest absolute Gasteiger partial charge is 0.0638 e. The van der Waals surface area contributed by atoms with Gasteiger partial charge in [0.1, 0.15) is 0 Å². The van der Waals surface area contributed by atoms with Crippen molar-refractivity contribution < 1.29 is 0 Å². The maximum atomic E-state index is 5.89. The maximum absolute atomic E-state index is 5.89. The first-order valence-electron chi connectivity index (χ1n) is 4.03. The molecule has 0 atom stereocenters. The van der Waals surface area contributed by atoms with E-state index < -0.39 is 0 Å². The largest absolute Gasteiger partial charge is 0.398 e. The molecular formula is C9H11ClN2. The van der Waals surface area contributed by atoms with Gasteiger partial charge < -0.3 is 11.1 Å². The van der Waals surface area contributed by atoms with E-state index in [1.807, 2.05) is 18.2 Å². The lowest BCUT2D eigenvalue weighted by Gasteiger charge is -2.27. The van der Waals surface area contributed by atoms with E-state index in [4.69, 9.17) is 17.3 Å². The van der Waals surface area contributed by atoms with Gasteiger partial charge in [0.25, 0.3) is 0 Å². The van der Waals surface area contributed by atoms with E-state index in [-0.39, 0.29) is 0 Å². The first-order chi connectivity index (χ1) is 5.77. The minimum Gasteiger partial charge on any atom is -0.398 e. The average molecular weight is 183 g/mol. The van der Waals surface area contributed by atoms with Gasteiger partial charge >= 0.3 is 0 Å². The van der Waals surface area contributed by atoms with Crippen LogP contribution in [0.15, 0.2) is 18.2 Å². The summed E-state index contributed by atoms with van der Waals surface area (Å²) >= 11 is 5.89. The molecule has 0 radical (unpaired) electrons. The van der Waals surface area contributed by atoms with Gasteiger partial charge in [-0.2, -0.15) is 0 Å². The summed E-state index contributed by atoms with van der Waals surface area (Å²) in [6.45, 7) is 2.11. The van der Waals surface area contributed by atoms with Gasteiger partial charge in [-0.15, -0.1) is 0 Å². The summed E-state index contributed by atoms with van der Waals surface area (Å²) in [6, 6.07) is 5.88. The van der Waals surface area contributed by atoms with Crippen molar-refractivity contribution in [3.05, 3.63) is 28.8 Å². The van der Waals surface area contributed by atoms with E-state index in [9.17, 15) is 0 Å². The predicted octanol–water partition coefficient (Wildman–Crippen LogP) is 1.61. The number of nitrogens with one attached hydrogen (secondary N) is 1. The number of nitrogen functional groups attached to an aromatic ring is 1. The summed E-state index contributed by atoms with van der Waals surface area (Å²) < 4.78 is 0. The predicted molar refractivity (Wildman–Crippen MR) is 51.5 cm³/mol. The lowest BCUT2D eigenvalue weighted by atomic mass is 9.94. The van der Waals surface area contributed by atoms with Crippen LogP contribution in [0.3, 0.4) is 0 Å². The average Bonchev–Trinajstić information content (AvgIpc) is 1.93. The minimum absolute atomic E-state index is 0.628. The Morgan fingerprint density at radius 2 is 2.17 bits per heavy atom. The van der Waals surface area contributed by atoms with Gasteiger partial charge in [0.15, 0.2) is 0 Å². The molecule has 1 heterocycles. The van der Waals surface area contributed by atoms with Gasteiger partial charge in [0.05, 0.1) is 10.7 Å². The van der Waals surface area contributed by atoms with Crippen molar-refractivity contribution in [3.8, 4) is 0 Å². The van der Waals surface area contributed by atoms with Gasteiger partial charge in [-0.3, -0.25) is 0 Å². The molecule has 64 valence electrons. The molecular weight excluding hydrogens is 172 g/mol. The molecule has 1 aromatic rings. The van der Waals surface area contributed by atoms with E-state index in [2.05, 4.69) is 5.32 Å². The molecule has 1 fully saturated rings. The Labute approximate surface area is 76.7 Å². The van der Waals surface area contributed by atoms with E-state index in [0.717, 1.165) is 13.1 Å². The first-order valence-corrected chi connectivity index (χ1v) is 4.41. The zero-order chi connectivity index (χ0) is 8.55. The molecule has 0 aromatic heterocycles. The Hall–Kier alpha value is -0.730. The normalized spacial score (nSPS) is 17.4. The second kappa shape index (κ2) is 2.96. The van der Waals surface area contributed by atoms with E-state index in [0.29, 0.717) is 16.6 Å². The summed E-state index contributed by atoms with van der Waals surface area (Å²) in [4.78, 5) is 0. The summed E-state index contributed by atoms with van der Waals surface area (Å²) in [5, 5.41) is 3.89. The highest BCUT2D eigenvalue weighted by Crippen LogP contribution is 2.26. The highest BCUT2D eigenvalue weighted by molar-refractivity contribution is 6.33. The molecule has 1 aromatic carbocycles. The fraction of sp³-hybridized carbons (Fsp3) is 0.333. The molecule has 0 bridgehead atoms. The highest BCUT2D eigenvalue weighted by atomic mass is 35.5. The van der Waals surface area contributed by atoms with Crippen LogP contribution in [0.4, 0.5) is 5.69 Å². The number of hydrogen-bond donors (Lipinski definition) is 2. The van der Waals surface area contributed by atoms with Crippen LogP contribution in [0.5, 0.6) is 0 Å². The van der Waals surface area contributed by atoms with Crippen molar-refractivity contribution in [2.24, 2.45) is 0 Å². The molecule has 3 heteroatoms. The fourth-order valence-corrected chi connectivity index (χ4v) is 1.51. The van der Waals surface area contributed by atoms with Gasteiger partial charge in [-0.25, -0.2) is 0 Å². The molecule has 0 aliphatic carbocycles. The van der Waals surface area contributed by atoms with Gasteiger partial charge in [-0.1, -0.05) is 17.7 Å². The Balaban J connectivity index is 2.27. The van der Waals surface area contributed by atoms with E-state index in [1.54, 1.807) is 0 Å². The topological polar surface area (TPSA) is 38.0 Å². The van der Waals surface area contributed by atoms with Crippen molar-refractivity contribution in [1.82, 2.24) is 5.32 Å². The van der Waals surface area contributed by atoms with Crippen LogP contribution in [0.2, 0.25) is 5.02 Å². The lowest BCUT2D eigenvalue weighted by Crippen LogP contribution is -2.39. The van der Waals surface area contributed by atoms with Crippen LogP contribution in [0, 0.1) is 0 Å². The minimum atomic E-state index is 0.628. The third kappa shape index (κ3) is 1.28. The van der Waals surface area contributed by atoms with Gasteiger partial charge in [0.2, 0.25) is 0 Å². The Bertz CT molecular complexity index is 295. The number of hydrogen-bond acceptors (Lipinski definition) is 2. The lowest BCUT2D eigenvalue weighted by molar-refractivity contribution is 0.448. The molecule has 2 nitrogen and oxygen atoms in total. The zero-order valence-corrected chi connectivity index (χ0v) is 7.43. The van der Waals surface area contributed by atoms with Gasteiger partial charge in [-0.05, 0) is 17.7 Å². The molecule has 0 unspecified atom stereocenters. The summed E-state index contributed by atoms with van der Waals surface area (Å²) in [5.41, 5.74) is 7.55. The van der Waals surface area contributed by atoms with Crippen LogP contribution in [-0.4, -0.2) is 13.1 Å². The highest BCUT2D eigenvalue weighted by Gasteiger charge is 2.18. The third-order valence-corrected chi connectivity index (χ3v) is 2.60. The summed E-state index contributed by atoms with van der Waals surface area (Å²) in [5.74, 6) is 0.628. The Morgan fingerprint density at radius 1 is 1.42 bits per heavy atom. The quantitative estimate of drug-likeness (QED) is 0.648. The number of anilines is 1. The SMILES string of the molecule is Nc1ccc(C2CNC2)cc1Cl. The zero-order valence-electron chi connectivity index (χ0n) is 6.68.